The summed E-state index contributed by atoms with van der Waals surface area (Å²) in [5.41, 5.74) is 3.61. The average Bonchev–Trinajstić information content (AvgIpc) is 2.53. The molecule has 0 spiro atoms. The van der Waals surface area contributed by atoms with Gasteiger partial charge in [-0.25, -0.2) is 14.8 Å². The molecule has 2 aromatic rings. The highest BCUT2D eigenvalue weighted by Crippen LogP contribution is 2.34. The minimum atomic E-state index is 0.324. The van der Waals surface area contributed by atoms with Crippen LogP contribution in [0.25, 0.3) is 16.2 Å². The Labute approximate surface area is 121 Å². The SMILES string of the molecule is [C-]#[N+]c1c(NN)nc(-c2ccc(OC)cc2)nc1SC. The molecule has 0 fully saturated rings. The maximum Gasteiger partial charge on any atom is 0.260 e. The van der Waals surface area contributed by atoms with Crippen molar-refractivity contribution in [1.29, 1.82) is 0 Å². The monoisotopic (exact) mass is 287 g/mol. The van der Waals surface area contributed by atoms with E-state index in [1.54, 1.807) is 7.11 Å². The Morgan fingerprint density at radius 3 is 2.50 bits per heavy atom. The third-order valence-corrected chi connectivity index (χ3v) is 3.31. The van der Waals surface area contributed by atoms with E-state index in [0.717, 1.165) is 11.3 Å². The van der Waals surface area contributed by atoms with E-state index in [1.165, 1.54) is 11.8 Å². The number of ether oxygens (including phenoxy) is 1. The van der Waals surface area contributed by atoms with E-state index < -0.39 is 0 Å². The van der Waals surface area contributed by atoms with E-state index >= 15 is 0 Å². The van der Waals surface area contributed by atoms with Gasteiger partial charge in [0.05, 0.1) is 13.7 Å². The van der Waals surface area contributed by atoms with Gasteiger partial charge in [-0.2, -0.15) is 0 Å². The van der Waals surface area contributed by atoms with Gasteiger partial charge in [0.25, 0.3) is 5.69 Å². The van der Waals surface area contributed by atoms with Crippen molar-refractivity contribution in [3.8, 4) is 17.1 Å². The second kappa shape index (κ2) is 6.23. The number of aromatic nitrogens is 2. The number of rotatable bonds is 4. The predicted octanol–water partition coefficient (Wildman–Crippen LogP) is 2.71. The highest BCUT2D eigenvalue weighted by atomic mass is 32.2. The maximum absolute atomic E-state index is 7.18. The molecule has 0 saturated heterocycles. The van der Waals surface area contributed by atoms with Crippen molar-refractivity contribution in [2.45, 2.75) is 5.03 Å². The molecule has 0 unspecified atom stereocenters. The molecule has 0 bridgehead atoms. The number of nitrogen functional groups attached to an aromatic ring is 1. The molecule has 0 aliphatic rings. The smallest absolute Gasteiger partial charge is 0.260 e. The van der Waals surface area contributed by atoms with Crippen LogP contribution in [0.2, 0.25) is 0 Å². The highest BCUT2D eigenvalue weighted by Gasteiger charge is 2.14. The van der Waals surface area contributed by atoms with Gasteiger partial charge in [-0.05, 0) is 30.5 Å². The summed E-state index contributed by atoms with van der Waals surface area (Å²) in [6.45, 7) is 7.18. The Morgan fingerprint density at radius 1 is 1.30 bits per heavy atom. The molecule has 0 aliphatic carbocycles. The fraction of sp³-hybridized carbons (Fsp3) is 0.154. The largest absolute Gasteiger partial charge is 0.497 e. The lowest BCUT2D eigenvalue weighted by atomic mass is 10.2. The van der Waals surface area contributed by atoms with Crippen LogP contribution in [0, 0.1) is 6.57 Å². The number of nitrogens with zero attached hydrogens (tertiary/aromatic N) is 3. The van der Waals surface area contributed by atoms with E-state index in [4.69, 9.17) is 17.2 Å². The van der Waals surface area contributed by atoms with Gasteiger partial charge in [-0.1, -0.05) is 0 Å². The van der Waals surface area contributed by atoms with Crippen molar-refractivity contribution in [2.24, 2.45) is 5.84 Å². The number of hydrogen-bond donors (Lipinski definition) is 2. The number of benzene rings is 1. The Kier molecular flexibility index (Phi) is 4.40. The molecule has 0 aliphatic heterocycles. The number of hydrazine groups is 1. The minimum Gasteiger partial charge on any atom is -0.497 e. The van der Waals surface area contributed by atoms with Crippen LogP contribution in [0.1, 0.15) is 0 Å². The number of thioether (sulfide) groups is 1. The maximum atomic E-state index is 7.18. The van der Waals surface area contributed by atoms with Crippen molar-refractivity contribution in [3.05, 3.63) is 35.7 Å². The first-order valence-corrected chi connectivity index (χ1v) is 6.90. The van der Waals surface area contributed by atoms with Crippen LogP contribution in [-0.2, 0) is 0 Å². The van der Waals surface area contributed by atoms with Crippen molar-refractivity contribution in [2.75, 3.05) is 18.8 Å². The molecule has 2 rings (SSSR count). The van der Waals surface area contributed by atoms with Gasteiger partial charge in [-0.15, -0.1) is 11.8 Å². The van der Waals surface area contributed by atoms with Crippen LogP contribution in [0.15, 0.2) is 29.3 Å². The lowest BCUT2D eigenvalue weighted by Crippen LogP contribution is -2.10. The molecule has 0 saturated carbocycles. The molecular formula is C13H13N5OS. The molecule has 1 aromatic heterocycles. The van der Waals surface area contributed by atoms with Crippen molar-refractivity contribution in [3.63, 3.8) is 0 Å². The van der Waals surface area contributed by atoms with Crippen molar-refractivity contribution in [1.82, 2.24) is 9.97 Å². The molecular weight excluding hydrogens is 274 g/mol. The average molecular weight is 287 g/mol. The Morgan fingerprint density at radius 2 is 2.00 bits per heavy atom. The Hall–Kier alpha value is -2.30. The first-order valence-electron chi connectivity index (χ1n) is 5.68. The van der Waals surface area contributed by atoms with Gasteiger partial charge < -0.3 is 10.2 Å². The molecule has 0 atom stereocenters. The second-order valence-corrected chi connectivity index (χ2v) is 4.53. The summed E-state index contributed by atoms with van der Waals surface area (Å²) in [4.78, 5) is 12.1. The van der Waals surface area contributed by atoms with Crippen LogP contribution in [0.4, 0.5) is 11.5 Å². The molecule has 6 nitrogen and oxygen atoms in total. The first kappa shape index (κ1) is 14.1. The summed E-state index contributed by atoms with van der Waals surface area (Å²) >= 11 is 1.38. The zero-order chi connectivity index (χ0) is 14.5. The van der Waals surface area contributed by atoms with Crippen LogP contribution in [0.5, 0.6) is 5.75 Å². The molecule has 20 heavy (non-hydrogen) atoms. The van der Waals surface area contributed by atoms with E-state index in [2.05, 4.69) is 20.2 Å². The minimum absolute atomic E-state index is 0.324. The van der Waals surface area contributed by atoms with Crippen LogP contribution < -0.4 is 16.0 Å². The van der Waals surface area contributed by atoms with Gasteiger partial charge in [0.1, 0.15) is 10.8 Å². The number of anilines is 1. The molecule has 0 radical (unpaired) electrons. The van der Waals surface area contributed by atoms with E-state index in [-0.39, 0.29) is 0 Å². The van der Waals surface area contributed by atoms with Gasteiger partial charge in [-0.3, -0.25) is 5.84 Å². The van der Waals surface area contributed by atoms with Gasteiger partial charge in [0.15, 0.2) is 11.6 Å². The summed E-state index contributed by atoms with van der Waals surface area (Å²) in [5.74, 6) is 7.02. The third kappa shape index (κ3) is 2.66. The van der Waals surface area contributed by atoms with Crippen LogP contribution in [-0.4, -0.2) is 23.3 Å². The summed E-state index contributed by atoms with van der Waals surface area (Å²) in [5, 5.41) is 0.591. The quantitative estimate of drug-likeness (QED) is 0.296. The first-order chi connectivity index (χ1) is 9.73. The molecule has 0 amide bonds. The fourth-order valence-corrected chi connectivity index (χ4v) is 2.16. The molecule has 1 aromatic carbocycles. The summed E-state index contributed by atoms with van der Waals surface area (Å²) in [7, 11) is 1.61. The van der Waals surface area contributed by atoms with Gasteiger partial charge in [0, 0.05) is 5.56 Å². The number of nitrogens with one attached hydrogen (secondary N) is 1. The number of methoxy groups -OCH3 is 1. The molecule has 7 heteroatoms. The molecule has 1 heterocycles. The molecule has 102 valence electrons. The summed E-state index contributed by atoms with van der Waals surface area (Å²) in [6.07, 6.45) is 1.86. The highest BCUT2D eigenvalue weighted by molar-refractivity contribution is 7.98. The van der Waals surface area contributed by atoms with E-state index in [0.29, 0.717) is 22.4 Å². The van der Waals surface area contributed by atoms with Crippen molar-refractivity contribution >= 4 is 23.3 Å². The van der Waals surface area contributed by atoms with Gasteiger partial charge in [0.2, 0.25) is 0 Å². The van der Waals surface area contributed by atoms with E-state index in [1.807, 2.05) is 30.5 Å². The lowest BCUT2D eigenvalue weighted by Gasteiger charge is -2.09. The van der Waals surface area contributed by atoms with Crippen molar-refractivity contribution < 1.29 is 4.74 Å². The number of hydrogen-bond acceptors (Lipinski definition) is 6. The van der Waals surface area contributed by atoms with Crippen LogP contribution in [0.3, 0.4) is 0 Å². The topological polar surface area (TPSA) is 77.4 Å². The van der Waals surface area contributed by atoms with Gasteiger partial charge >= 0.3 is 0 Å². The summed E-state index contributed by atoms with van der Waals surface area (Å²) < 4.78 is 5.11. The predicted molar refractivity (Wildman–Crippen MR) is 79.9 cm³/mol. The van der Waals surface area contributed by atoms with E-state index in [9.17, 15) is 0 Å². The summed E-state index contributed by atoms with van der Waals surface area (Å²) in [6, 6.07) is 7.37. The third-order valence-electron chi connectivity index (χ3n) is 2.64. The van der Waals surface area contributed by atoms with Crippen LogP contribution >= 0.6 is 11.8 Å². The standard InChI is InChI=1S/C13H13N5OS/c1-15-10-12(18-14)16-11(17-13(10)20-3)8-4-6-9(19-2)7-5-8/h4-7H,14H2,2-3H3,(H,16,17,18). The Bertz CT molecular complexity index is 626. The molecule has 3 N–H and O–H groups in total. The zero-order valence-corrected chi connectivity index (χ0v) is 11.9. The normalized spacial score (nSPS) is 9.90. The lowest BCUT2D eigenvalue weighted by molar-refractivity contribution is 0.415. The Balaban J connectivity index is 2.54. The fourth-order valence-electron chi connectivity index (χ4n) is 1.65. The zero-order valence-electron chi connectivity index (χ0n) is 11.0. The number of nitrogens with two attached hydrogens (primary N) is 1. The second-order valence-electron chi connectivity index (χ2n) is 3.74.